The van der Waals surface area contributed by atoms with Gasteiger partial charge < -0.3 is 0 Å². The molecule has 0 amide bonds. The smallest absolute Gasteiger partial charge is 0.201 e. The van der Waals surface area contributed by atoms with Crippen LogP contribution < -0.4 is 0 Å². The Morgan fingerprint density at radius 3 is 2.62 bits per heavy atom. The molecule has 2 heterocycles. The van der Waals surface area contributed by atoms with Crippen LogP contribution in [-0.4, -0.2) is 38.6 Å². The van der Waals surface area contributed by atoms with Crippen LogP contribution in [0, 0.1) is 20.8 Å². The number of tetrazole rings is 1. The van der Waals surface area contributed by atoms with Gasteiger partial charge in [0.1, 0.15) is 0 Å². The minimum atomic E-state index is 0.719. The number of benzene rings is 1. The maximum absolute atomic E-state index is 4.09. The average molecular weight is 283 g/mol. The average Bonchev–Trinajstić information content (AvgIpc) is 2.97. The van der Waals surface area contributed by atoms with E-state index in [1.54, 1.807) is 0 Å². The number of hydrogen-bond acceptors (Lipinski definition) is 4. The zero-order valence-electron chi connectivity index (χ0n) is 12.8. The van der Waals surface area contributed by atoms with Crippen molar-refractivity contribution < 1.29 is 0 Å². The van der Waals surface area contributed by atoms with Crippen molar-refractivity contribution in [1.82, 2.24) is 25.5 Å². The topological polar surface area (TPSA) is 57.7 Å². The molecule has 1 aliphatic heterocycles. The van der Waals surface area contributed by atoms with E-state index in [0.717, 1.165) is 37.5 Å². The highest BCUT2D eigenvalue weighted by Gasteiger charge is 2.18. The second-order valence-electron chi connectivity index (χ2n) is 5.84. The van der Waals surface area contributed by atoms with Crippen LogP contribution in [0.4, 0.5) is 0 Å². The van der Waals surface area contributed by atoms with Crippen LogP contribution in [0.3, 0.4) is 0 Å². The Bertz CT molecular complexity index is 634. The predicted molar refractivity (Wildman–Crippen MR) is 82.7 cm³/mol. The summed E-state index contributed by atoms with van der Waals surface area (Å²) in [7, 11) is 0. The Morgan fingerprint density at radius 2 is 1.95 bits per heavy atom. The van der Waals surface area contributed by atoms with E-state index in [1.165, 1.54) is 22.3 Å². The van der Waals surface area contributed by atoms with E-state index in [0.29, 0.717) is 0 Å². The van der Waals surface area contributed by atoms with Gasteiger partial charge in [-0.3, -0.25) is 4.90 Å². The highest BCUT2D eigenvalue weighted by atomic mass is 15.5. The molecule has 21 heavy (non-hydrogen) atoms. The molecule has 0 radical (unpaired) electrons. The quantitative estimate of drug-likeness (QED) is 0.940. The lowest BCUT2D eigenvalue weighted by molar-refractivity contribution is 0.295. The van der Waals surface area contributed by atoms with Gasteiger partial charge in [-0.2, -0.15) is 5.21 Å². The van der Waals surface area contributed by atoms with Gasteiger partial charge in [-0.25, -0.2) is 0 Å². The molecular formula is C16H21N5. The molecule has 1 aliphatic rings. The van der Waals surface area contributed by atoms with E-state index in [1.807, 2.05) is 0 Å². The summed E-state index contributed by atoms with van der Waals surface area (Å²) in [6.07, 6.45) is 3.25. The van der Waals surface area contributed by atoms with Crippen molar-refractivity contribution >= 4 is 5.57 Å². The summed E-state index contributed by atoms with van der Waals surface area (Å²) >= 11 is 0. The molecule has 3 rings (SSSR count). The normalized spacial score (nSPS) is 16.0. The molecule has 0 spiro atoms. The number of nitrogens with zero attached hydrogens (tertiary/aromatic N) is 4. The van der Waals surface area contributed by atoms with Crippen LogP contribution in [0.2, 0.25) is 0 Å². The van der Waals surface area contributed by atoms with Gasteiger partial charge in [0.15, 0.2) is 0 Å². The molecule has 1 aromatic carbocycles. The van der Waals surface area contributed by atoms with Crippen LogP contribution in [0.1, 0.15) is 34.5 Å². The molecule has 0 bridgehead atoms. The molecule has 0 saturated carbocycles. The van der Waals surface area contributed by atoms with Gasteiger partial charge >= 0.3 is 0 Å². The van der Waals surface area contributed by atoms with Crippen molar-refractivity contribution in [2.45, 2.75) is 33.7 Å². The Hall–Kier alpha value is -2.01. The van der Waals surface area contributed by atoms with Crippen LogP contribution >= 0.6 is 0 Å². The van der Waals surface area contributed by atoms with E-state index in [2.05, 4.69) is 64.5 Å². The molecular weight excluding hydrogens is 262 g/mol. The maximum Gasteiger partial charge on any atom is 0.201 e. The lowest BCUT2D eigenvalue weighted by atomic mass is 9.98. The third-order valence-electron chi connectivity index (χ3n) is 4.08. The van der Waals surface area contributed by atoms with Crippen molar-refractivity contribution in [3.8, 4) is 0 Å². The van der Waals surface area contributed by atoms with Crippen molar-refractivity contribution in [3.63, 3.8) is 0 Å². The Labute approximate surface area is 125 Å². The Kier molecular flexibility index (Phi) is 3.84. The lowest BCUT2D eigenvalue weighted by Crippen LogP contribution is -2.30. The number of H-pyrrole nitrogens is 1. The van der Waals surface area contributed by atoms with E-state index in [9.17, 15) is 0 Å². The van der Waals surface area contributed by atoms with Gasteiger partial charge in [0, 0.05) is 25.2 Å². The molecule has 5 heteroatoms. The van der Waals surface area contributed by atoms with Gasteiger partial charge in [0.05, 0.1) is 0 Å². The summed E-state index contributed by atoms with van der Waals surface area (Å²) in [5.41, 5.74) is 6.69. The highest BCUT2D eigenvalue weighted by molar-refractivity contribution is 5.61. The van der Waals surface area contributed by atoms with Crippen molar-refractivity contribution in [1.29, 1.82) is 0 Å². The summed E-state index contributed by atoms with van der Waals surface area (Å²) in [5, 5.41) is 14.3. The van der Waals surface area contributed by atoms with Crippen molar-refractivity contribution in [2.75, 3.05) is 13.1 Å². The predicted octanol–water partition coefficient (Wildman–Crippen LogP) is 2.41. The van der Waals surface area contributed by atoms with Crippen LogP contribution in [0.25, 0.3) is 5.57 Å². The monoisotopic (exact) mass is 283 g/mol. The molecule has 0 aliphatic carbocycles. The zero-order valence-corrected chi connectivity index (χ0v) is 12.8. The van der Waals surface area contributed by atoms with Crippen molar-refractivity contribution in [3.05, 3.63) is 46.3 Å². The van der Waals surface area contributed by atoms with Crippen LogP contribution in [0.5, 0.6) is 0 Å². The third-order valence-corrected chi connectivity index (χ3v) is 4.08. The molecule has 0 unspecified atom stereocenters. The van der Waals surface area contributed by atoms with E-state index in [-0.39, 0.29) is 0 Å². The first-order valence-corrected chi connectivity index (χ1v) is 7.35. The second kappa shape index (κ2) is 5.77. The molecule has 0 fully saturated rings. The summed E-state index contributed by atoms with van der Waals surface area (Å²) in [6, 6.07) is 4.53. The molecule has 0 saturated heterocycles. The minimum absolute atomic E-state index is 0.719. The Morgan fingerprint density at radius 1 is 1.19 bits per heavy atom. The van der Waals surface area contributed by atoms with Crippen molar-refractivity contribution in [2.24, 2.45) is 0 Å². The first-order valence-electron chi connectivity index (χ1n) is 7.35. The van der Waals surface area contributed by atoms with Gasteiger partial charge in [0.25, 0.3) is 0 Å². The summed E-state index contributed by atoms with van der Waals surface area (Å²) in [5.74, 6) is 0.719. The first kappa shape index (κ1) is 13.9. The summed E-state index contributed by atoms with van der Waals surface area (Å²) < 4.78 is 0. The van der Waals surface area contributed by atoms with E-state index >= 15 is 0 Å². The number of rotatable bonds is 3. The summed E-state index contributed by atoms with van der Waals surface area (Å²) in [4.78, 5) is 2.45. The molecule has 1 aromatic heterocycles. The van der Waals surface area contributed by atoms with Gasteiger partial charge in [-0.1, -0.05) is 23.8 Å². The highest BCUT2D eigenvalue weighted by Crippen LogP contribution is 2.22. The standard InChI is InChI=1S/C16H21N5/c1-11-7-12(2)15(13(3)8-11)10-21-6-4-5-14(9-21)16-17-19-20-18-16/h5,7-8H,4,6,9-10H2,1-3H3,(H,17,18,19,20). The molecule has 2 aromatic rings. The number of aromatic nitrogens is 4. The van der Waals surface area contributed by atoms with Gasteiger partial charge in [-0.05, 0) is 49.1 Å². The summed E-state index contributed by atoms with van der Waals surface area (Å²) in [6.45, 7) is 9.50. The minimum Gasteiger partial charge on any atom is -0.294 e. The van der Waals surface area contributed by atoms with Gasteiger partial charge in [0.2, 0.25) is 5.82 Å². The largest absolute Gasteiger partial charge is 0.294 e. The van der Waals surface area contributed by atoms with E-state index in [4.69, 9.17) is 0 Å². The fourth-order valence-corrected chi connectivity index (χ4v) is 3.08. The van der Waals surface area contributed by atoms with Crippen LogP contribution in [0.15, 0.2) is 18.2 Å². The third kappa shape index (κ3) is 3.03. The Balaban J connectivity index is 1.76. The van der Waals surface area contributed by atoms with Crippen LogP contribution in [-0.2, 0) is 6.54 Å². The van der Waals surface area contributed by atoms with E-state index < -0.39 is 0 Å². The second-order valence-corrected chi connectivity index (χ2v) is 5.84. The number of nitrogens with one attached hydrogen (secondary N) is 1. The molecule has 0 atom stereocenters. The molecule has 5 nitrogen and oxygen atoms in total. The maximum atomic E-state index is 4.09. The van der Waals surface area contributed by atoms with Gasteiger partial charge in [-0.15, -0.1) is 10.2 Å². The number of aryl methyl sites for hydroxylation is 3. The number of aromatic amines is 1. The SMILES string of the molecule is Cc1cc(C)c(CN2CCC=C(c3nn[nH]n3)C2)c(C)c1. The lowest BCUT2D eigenvalue weighted by Gasteiger charge is -2.27. The zero-order chi connectivity index (χ0) is 14.8. The fourth-order valence-electron chi connectivity index (χ4n) is 3.08. The first-order chi connectivity index (χ1) is 10.1. The molecule has 1 N–H and O–H groups in total. The molecule has 110 valence electrons. The fraction of sp³-hybridized carbons (Fsp3) is 0.438. The number of hydrogen-bond donors (Lipinski definition) is 1.